The molecule has 0 aromatic carbocycles. The number of anilines is 1. The third kappa shape index (κ3) is 2.82. The summed E-state index contributed by atoms with van der Waals surface area (Å²) in [5, 5.41) is 1.27. The Morgan fingerprint density at radius 2 is 1.78 bits per heavy atom. The van der Waals surface area contributed by atoms with Gasteiger partial charge in [0.1, 0.15) is 12.0 Å². The quantitative estimate of drug-likeness (QED) is 0.819. The van der Waals surface area contributed by atoms with E-state index in [-0.39, 0.29) is 16.0 Å². The lowest BCUT2D eigenvalue weighted by Crippen LogP contribution is -2.59. The molecule has 1 rings (SSSR count). The van der Waals surface area contributed by atoms with Gasteiger partial charge in [0.25, 0.3) is 5.91 Å². The zero-order valence-electron chi connectivity index (χ0n) is 8.85. The Labute approximate surface area is 109 Å². The van der Waals surface area contributed by atoms with Crippen molar-refractivity contribution >= 4 is 34.8 Å². The molecule has 1 unspecified atom stereocenters. The summed E-state index contributed by atoms with van der Waals surface area (Å²) in [6.45, 7) is 0.522. The minimum Gasteiger partial charge on any atom is -0.319 e. The lowest BCUT2D eigenvalue weighted by Gasteiger charge is -2.26. The maximum Gasteiger partial charge on any atom is 0.415 e. The molecule has 1 heterocycles. The van der Waals surface area contributed by atoms with E-state index in [9.17, 15) is 18.0 Å². The van der Waals surface area contributed by atoms with E-state index in [0.29, 0.717) is 6.92 Å². The average molecular weight is 303 g/mol. The van der Waals surface area contributed by atoms with Crippen molar-refractivity contribution < 1.29 is 18.0 Å². The van der Waals surface area contributed by atoms with Gasteiger partial charge in [-0.1, -0.05) is 23.2 Å². The third-order valence-corrected chi connectivity index (χ3v) is 2.63. The highest BCUT2D eigenvalue weighted by Gasteiger charge is 2.54. The van der Waals surface area contributed by atoms with Gasteiger partial charge in [0, 0.05) is 0 Å². The number of nitrogens with zero attached hydrogens (tertiary/aromatic N) is 2. The van der Waals surface area contributed by atoms with Gasteiger partial charge in [0.2, 0.25) is 0 Å². The van der Waals surface area contributed by atoms with Gasteiger partial charge in [0.05, 0.1) is 0 Å². The van der Waals surface area contributed by atoms with Crippen LogP contribution in [0.2, 0.25) is 10.3 Å². The smallest absolute Gasteiger partial charge is 0.319 e. The van der Waals surface area contributed by atoms with E-state index in [2.05, 4.69) is 9.97 Å². The minimum absolute atomic E-state index is 0.290. The largest absolute Gasteiger partial charge is 0.415 e. The van der Waals surface area contributed by atoms with E-state index >= 15 is 0 Å². The second kappa shape index (κ2) is 4.87. The highest BCUT2D eigenvalue weighted by Crippen LogP contribution is 2.31. The lowest BCUT2D eigenvalue weighted by molar-refractivity contribution is -0.184. The maximum absolute atomic E-state index is 12.5. The number of halogens is 5. The van der Waals surface area contributed by atoms with E-state index in [0.717, 1.165) is 6.33 Å². The Balaban J connectivity index is 3.03. The molecule has 1 aromatic rings. The second-order valence-corrected chi connectivity index (χ2v) is 4.20. The topological polar surface area (TPSA) is 80.9 Å². The fourth-order valence-electron chi connectivity index (χ4n) is 0.820. The number of hydrogen-bond donors (Lipinski definition) is 2. The van der Waals surface area contributed by atoms with Crippen molar-refractivity contribution in [3.8, 4) is 0 Å². The molecule has 0 saturated heterocycles. The van der Waals surface area contributed by atoms with Gasteiger partial charge in [0.15, 0.2) is 15.8 Å². The lowest BCUT2D eigenvalue weighted by atomic mass is 10.0. The highest BCUT2D eigenvalue weighted by molar-refractivity contribution is 6.38. The molecule has 0 spiro atoms. The molecule has 10 heteroatoms. The second-order valence-electron chi connectivity index (χ2n) is 3.48. The predicted molar refractivity (Wildman–Crippen MR) is 59.3 cm³/mol. The number of amides is 1. The Morgan fingerprint density at radius 1 is 1.33 bits per heavy atom. The summed E-state index contributed by atoms with van der Waals surface area (Å²) in [4.78, 5) is 18.4. The zero-order valence-corrected chi connectivity index (χ0v) is 10.4. The molecular weight excluding hydrogens is 296 g/mol. The van der Waals surface area contributed by atoms with E-state index in [1.165, 1.54) is 0 Å². The summed E-state index contributed by atoms with van der Waals surface area (Å²) in [6, 6.07) is 0. The van der Waals surface area contributed by atoms with Crippen molar-refractivity contribution in [1.29, 1.82) is 0 Å². The van der Waals surface area contributed by atoms with Gasteiger partial charge in [-0.2, -0.15) is 13.2 Å². The van der Waals surface area contributed by atoms with Gasteiger partial charge in [-0.05, 0) is 6.92 Å². The van der Waals surface area contributed by atoms with Crippen molar-refractivity contribution in [2.24, 2.45) is 5.73 Å². The number of alkyl halides is 3. The fourth-order valence-corrected chi connectivity index (χ4v) is 1.23. The van der Waals surface area contributed by atoms with Crippen LogP contribution in [0, 0.1) is 0 Å². The maximum atomic E-state index is 12.5. The summed E-state index contributed by atoms with van der Waals surface area (Å²) >= 11 is 11.1. The van der Waals surface area contributed by atoms with Crippen LogP contribution in [-0.4, -0.2) is 27.6 Å². The summed E-state index contributed by atoms with van der Waals surface area (Å²) in [7, 11) is 0. The molecule has 1 atom stereocenters. The summed E-state index contributed by atoms with van der Waals surface area (Å²) < 4.78 is 37.5. The molecule has 0 aliphatic heterocycles. The van der Waals surface area contributed by atoms with Crippen LogP contribution in [0.5, 0.6) is 0 Å². The van der Waals surface area contributed by atoms with Crippen molar-refractivity contribution in [3.63, 3.8) is 0 Å². The highest BCUT2D eigenvalue weighted by atomic mass is 35.5. The standard InChI is InChI=1S/C8H7Cl2F3N4O/c1-7(14,8(11,12)13)6(18)17-3-4(9)15-2-16-5(3)10/h2H,14H2,1H3,(H,17,18). The summed E-state index contributed by atoms with van der Waals surface area (Å²) in [6.07, 6.45) is -3.93. The predicted octanol–water partition coefficient (Wildman–Crippen LogP) is 2.00. The number of aromatic nitrogens is 2. The first-order valence-electron chi connectivity index (χ1n) is 4.40. The SMILES string of the molecule is CC(N)(C(=O)Nc1c(Cl)ncnc1Cl)C(F)(F)F. The number of rotatable bonds is 2. The average Bonchev–Trinajstić information content (AvgIpc) is 2.21. The molecule has 0 radical (unpaired) electrons. The first-order valence-corrected chi connectivity index (χ1v) is 5.16. The van der Waals surface area contributed by atoms with Crippen LogP contribution < -0.4 is 11.1 Å². The van der Waals surface area contributed by atoms with Crippen LogP contribution in [0.4, 0.5) is 18.9 Å². The van der Waals surface area contributed by atoms with Crippen molar-refractivity contribution in [3.05, 3.63) is 16.6 Å². The molecule has 1 aromatic heterocycles. The number of carbonyl (C=O) groups excluding carboxylic acids is 1. The Hall–Kier alpha value is -1.12. The molecule has 0 aliphatic rings. The zero-order chi connectivity index (χ0) is 14.1. The Kier molecular flexibility index (Phi) is 4.04. The van der Waals surface area contributed by atoms with Crippen molar-refractivity contribution in [1.82, 2.24) is 9.97 Å². The molecule has 3 N–H and O–H groups in total. The molecule has 1 amide bonds. The molecule has 100 valence electrons. The van der Waals surface area contributed by atoms with Crippen LogP contribution in [0.3, 0.4) is 0 Å². The number of nitrogens with one attached hydrogen (secondary N) is 1. The van der Waals surface area contributed by atoms with E-state index in [4.69, 9.17) is 28.9 Å². The molecule has 0 bridgehead atoms. The van der Waals surface area contributed by atoms with Crippen LogP contribution in [0.15, 0.2) is 6.33 Å². The molecular formula is C8H7Cl2F3N4O. The molecule has 0 saturated carbocycles. The molecule has 0 fully saturated rings. The van der Waals surface area contributed by atoms with Crippen LogP contribution in [0.1, 0.15) is 6.92 Å². The van der Waals surface area contributed by atoms with Crippen molar-refractivity contribution in [2.45, 2.75) is 18.6 Å². The molecule has 5 nitrogen and oxygen atoms in total. The van der Waals surface area contributed by atoms with E-state index in [1.807, 2.05) is 5.32 Å². The minimum atomic E-state index is -4.92. The van der Waals surface area contributed by atoms with Gasteiger partial charge >= 0.3 is 6.18 Å². The first kappa shape index (κ1) is 14.9. The number of carbonyl (C=O) groups is 1. The Morgan fingerprint density at radius 3 is 2.17 bits per heavy atom. The summed E-state index contributed by atoms with van der Waals surface area (Å²) in [5.74, 6) is -1.52. The Bertz CT molecular complexity index is 458. The van der Waals surface area contributed by atoms with Crippen molar-refractivity contribution in [2.75, 3.05) is 5.32 Å². The van der Waals surface area contributed by atoms with Gasteiger partial charge in [-0.3, -0.25) is 4.79 Å². The van der Waals surface area contributed by atoms with Crippen LogP contribution in [-0.2, 0) is 4.79 Å². The number of hydrogen-bond acceptors (Lipinski definition) is 4. The fraction of sp³-hybridized carbons (Fsp3) is 0.375. The van der Waals surface area contributed by atoms with E-state index < -0.39 is 17.6 Å². The number of nitrogens with two attached hydrogens (primary N) is 1. The van der Waals surface area contributed by atoms with E-state index in [1.54, 1.807) is 0 Å². The third-order valence-electron chi connectivity index (χ3n) is 2.05. The first-order chi connectivity index (χ1) is 8.07. The molecule has 18 heavy (non-hydrogen) atoms. The van der Waals surface area contributed by atoms with Crippen LogP contribution in [0.25, 0.3) is 0 Å². The summed E-state index contributed by atoms with van der Waals surface area (Å²) in [5.41, 5.74) is 1.51. The monoisotopic (exact) mass is 302 g/mol. The van der Waals surface area contributed by atoms with Gasteiger partial charge in [-0.25, -0.2) is 9.97 Å². The van der Waals surface area contributed by atoms with Gasteiger partial charge in [-0.15, -0.1) is 0 Å². The molecule has 0 aliphatic carbocycles. The normalized spacial score (nSPS) is 15.1. The van der Waals surface area contributed by atoms with Gasteiger partial charge < -0.3 is 11.1 Å². The van der Waals surface area contributed by atoms with Crippen LogP contribution >= 0.6 is 23.2 Å².